The summed E-state index contributed by atoms with van der Waals surface area (Å²) >= 11 is 0. The minimum atomic E-state index is -1.11. The summed E-state index contributed by atoms with van der Waals surface area (Å²) in [5, 5.41) is 6.04. The lowest BCUT2D eigenvalue weighted by molar-refractivity contribution is -0.148. The van der Waals surface area contributed by atoms with Gasteiger partial charge in [-0.1, -0.05) is 68.4 Å². The first-order valence-corrected chi connectivity index (χ1v) is 16.9. The number of aromatic nitrogens is 1. The van der Waals surface area contributed by atoms with Gasteiger partial charge in [-0.2, -0.15) is 27.0 Å². The number of amides is 3. The van der Waals surface area contributed by atoms with E-state index in [0.717, 1.165) is 16.7 Å². The van der Waals surface area contributed by atoms with Crippen molar-refractivity contribution in [1.82, 2.24) is 20.1 Å². The highest BCUT2D eigenvalue weighted by molar-refractivity contribution is 7.59. The lowest BCUT2D eigenvalue weighted by Crippen LogP contribution is -2.54. The van der Waals surface area contributed by atoms with E-state index in [1.807, 2.05) is 73.3 Å². The van der Waals surface area contributed by atoms with Gasteiger partial charge >= 0.3 is 5.97 Å². The number of piperidine rings is 1. The largest absolute Gasteiger partial charge is 0.464 e. The molecule has 5 rings (SSSR count). The Labute approximate surface area is 308 Å². The highest BCUT2D eigenvalue weighted by Crippen LogP contribution is 2.48. The first kappa shape index (κ1) is 40.4. The number of pyridine rings is 1. The molecule has 3 aromatic rings. The number of benzene rings is 2. The van der Waals surface area contributed by atoms with Gasteiger partial charge in [0.15, 0.2) is 0 Å². The van der Waals surface area contributed by atoms with E-state index in [1.165, 1.54) is 10.6 Å². The molecule has 2 aliphatic rings. The lowest BCUT2D eigenvalue weighted by atomic mass is 9.62. The van der Waals surface area contributed by atoms with Crippen LogP contribution in [0.25, 0.3) is 0 Å². The Morgan fingerprint density at radius 2 is 1.58 bits per heavy atom. The van der Waals surface area contributed by atoms with Crippen LogP contribution in [0.4, 0.5) is 0 Å². The number of hydrogen-bond donors (Lipinski definition) is 2. The van der Waals surface area contributed by atoms with Crippen LogP contribution in [0.15, 0.2) is 77.7 Å². The van der Waals surface area contributed by atoms with Gasteiger partial charge in [-0.3, -0.25) is 19.2 Å². The molecule has 0 saturated carbocycles. The molecule has 270 valence electrons. The Morgan fingerprint density at radius 1 is 0.920 bits per heavy atom. The summed E-state index contributed by atoms with van der Waals surface area (Å²) in [6.07, 6.45) is 4.01. The lowest BCUT2D eigenvalue weighted by Gasteiger charge is -2.43. The van der Waals surface area contributed by atoms with Crippen molar-refractivity contribution in [2.75, 3.05) is 19.7 Å². The van der Waals surface area contributed by atoms with Crippen molar-refractivity contribution in [2.45, 2.75) is 76.3 Å². The van der Waals surface area contributed by atoms with Crippen LogP contribution >= 0.6 is 27.0 Å². The fourth-order valence-corrected chi connectivity index (χ4v) is 7.19. The molecule has 1 aliphatic heterocycles. The summed E-state index contributed by atoms with van der Waals surface area (Å²) in [5.74, 6) is -1.44. The van der Waals surface area contributed by atoms with E-state index in [9.17, 15) is 24.0 Å². The third kappa shape index (κ3) is 8.46. The molecule has 1 saturated heterocycles. The zero-order chi connectivity index (χ0) is 34.4. The maximum atomic E-state index is 14.6. The van der Waals surface area contributed by atoms with Gasteiger partial charge in [0.2, 0.25) is 11.8 Å². The molecular weight excluding hydrogens is 673 g/mol. The second-order valence-electron chi connectivity index (χ2n) is 13.3. The zero-order valence-electron chi connectivity index (χ0n) is 29.2. The Kier molecular flexibility index (Phi) is 14.3. The Bertz CT molecular complexity index is 1710. The molecule has 1 aliphatic carbocycles. The first-order chi connectivity index (χ1) is 23.1. The van der Waals surface area contributed by atoms with Gasteiger partial charge in [0, 0.05) is 32.4 Å². The summed E-state index contributed by atoms with van der Waals surface area (Å²) < 4.78 is 6.71. The third-order valence-electron chi connectivity index (χ3n) is 9.65. The predicted octanol–water partition coefficient (Wildman–Crippen LogP) is 4.29. The van der Waals surface area contributed by atoms with E-state index in [4.69, 9.17) is 4.74 Å². The highest BCUT2D eigenvalue weighted by Gasteiger charge is 2.49. The van der Waals surface area contributed by atoms with Crippen molar-refractivity contribution >= 4 is 50.7 Å². The first-order valence-electron chi connectivity index (χ1n) is 16.9. The SMILES string of the molecule is CCOC(=O)[C@H](CC(C)C)NC(=O)[C@@]1(c2ccccc2)CC[C@H](C(=O)N2CCC(NC(=O)c3cccn(C)c3=O)CC2)c2ccccc21.S.S. The molecule has 1 fully saturated rings. The number of likely N-dealkylation sites (tertiary alicyclic amines) is 1. The Hall–Kier alpha value is -4.03. The highest BCUT2D eigenvalue weighted by atomic mass is 32.1. The van der Waals surface area contributed by atoms with Crippen LogP contribution in [0, 0.1) is 5.92 Å². The number of rotatable bonds is 10. The molecule has 3 amide bonds. The minimum Gasteiger partial charge on any atom is -0.464 e. The summed E-state index contributed by atoms with van der Waals surface area (Å²) in [7, 11) is 1.61. The van der Waals surface area contributed by atoms with Gasteiger partial charge in [0.1, 0.15) is 11.6 Å². The molecule has 0 spiro atoms. The average molecular weight is 723 g/mol. The van der Waals surface area contributed by atoms with Crippen molar-refractivity contribution in [2.24, 2.45) is 13.0 Å². The third-order valence-corrected chi connectivity index (χ3v) is 9.65. The number of hydrogen-bond acceptors (Lipinski definition) is 6. The molecule has 2 N–H and O–H groups in total. The van der Waals surface area contributed by atoms with Crippen LogP contribution in [-0.4, -0.2) is 64.9 Å². The van der Waals surface area contributed by atoms with Crippen LogP contribution in [0.5, 0.6) is 0 Å². The number of aryl methyl sites for hydroxylation is 1. The Morgan fingerprint density at radius 3 is 2.24 bits per heavy atom. The maximum Gasteiger partial charge on any atom is 0.328 e. The van der Waals surface area contributed by atoms with Crippen molar-refractivity contribution in [3.63, 3.8) is 0 Å². The normalized spacial score (nSPS) is 19.2. The van der Waals surface area contributed by atoms with E-state index in [2.05, 4.69) is 10.6 Å². The standard InChI is InChI=1S/C38H46N4O6.2H2S/c1-5-48-36(46)32(24-25(2)3)40-37(47)38(26-12-7-6-8-13-26)20-17-29(28-14-9-10-16-31(28)38)35(45)42-22-18-27(19-23-42)39-33(43)30-15-11-21-41(4)34(30)44;;/h6-16,21,25,27,29,32H,5,17-20,22-24H2,1-4H3,(H,39,43)(H,40,47);2*1H2/t29-,32-,38+;;/m0../s1. The summed E-state index contributed by atoms with van der Waals surface area (Å²) in [4.78, 5) is 68.8. The van der Waals surface area contributed by atoms with Gasteiger partial charge in [0.25, 0.3) is 11.5 Å². The second-order valence-corrected chi connectivity index (χ2v) is 13.3. The monoisotopic (exact) mass is 722 g/mol. The second kappa shape index (κ2) is 17.8. The van der Waals surface area contributed by atoms with Crippen molar-refractivity contribution in [3.05, 3.63) is 106 Å². The fourth-order valence-electron chi connectivity index (χ4n) is 7.19. The molecule has 2 heterocycles. The van der Waals surface area contributed by atoms with Gasteiger partial charge in [-0.05, 0) is 73.8 Å². The van der Waals surface area contributed by atoms with Crippen molar-refractivity contribution in [1.29, 1.82) is 0 Å². The van der Waals surface area contributed by atoms with Gasteiger partial charge in [-0.15, -0.1) is 0 Å². The summed E-state index contributed by atoms with van der Waals surface area (Å²) in [6, 6.07) is 19.5. The van der Waals surface area contributed by atoms with Crippen LogP contribution in [-0.2, 0) is 31.6 Å². The van der Waals surface area contributed by atoms with E-state index in [0.29, 0.717) is 45.2 Å². The molecule has 50 heavy (non-hydrogen) atoms. The number of carbonyl (C=O) groups is 4. The van der Waals surface area contributed by atoms with E-state index in [-0.39, 0.29) is 68.5 Å². The van der Waals surface area contributed by atoms with Gasteiger partial charge in [0.05, 0.1) is 17.9 Å². The number of carbonyl (C=O) groups excluding carboxylic acids is 4. The molecule has 10 nitrogen and oxygen atoms in total. The minimum absolute atomic E-state index is 0. The maximum absolute atomic E-state index is 14.6. The van der Waals surface area contributed by atoms with Crippen LogP contribution < -0.4 is 16.2 Å². The molecule has 12 heteroatoms. The topological polar surface area (TPSA) is 127 Å². The molecule has 0 unspecified atom stereocenters. The molecule has 0 bridgehead atoms. The molecule has 2 aromatic carbocycles. The van der Waals surface area contributed by atoms with Crippen LogP contribution in [0.3, 0.4) is 0 Å². The van der Waals surface area contributed by atoms with E-state index in [1.54, 1.807) is 26.2 Å². The number of nitrogens with zero attached hydrogens (tertiary/aromatic N) is 2. The zero-order valence-corrected chi connectivity index (χ0v) is 31.2. The molecule has 1 aromatic heterocycles. The van der Waals surface area contributed by atoms with E-state index < -0.39 is 29.3 Å². The molecule has 0 radical (unpaired) electrons. The average Bonchev–Trinajstić information content (AvgIpc) is 3.09. The van der Waals surface area contributed by atoms with Gasteiger partial charge in [-0.25, -0.2) is 4.79 Å². The number of ether oxygens (including phenoxy) is 1. The predicted molar refractivity (Wildman–Crippen MR) is 203 cm³/mol. The Balaban J connectivity index is 0.00000338. The summed E-state index contributed by atoms with van der Waals surface area (Å²) in [6.45, 7) is 6.90. The molecular formula is C38H50N4O6S2. The smallest absolute Gasteiger partial charge is 0.328 e. The fraction of sp³-hybridized carbons (Fsp3) is 0.447. The molecule has 3 atom stereocenters. The number of fused-ring (bicyclic) bond motifs is 1. The van der Waals surface area contributed by atoms with Crippen molar-refractivity contribution in [3.8, 4) is 0 Å². The van der Waals surface area contributed by atoms with Crippen molar-refractivity contribution < 1.29 is 23.9 Å². The quantitative estimate of drug-likeness (QED) is 0.301. The summed E-state index contributed by atoms with van der Waals surface area (Å²) in [5.41, 5.74) is 1.01. The van der Waals surface area contributed by atoms with Gasteiger partial charge < -0.3 is 24.8 Å². The van der Waals surface area contributed by atoms with E-state index >= 15 is 0 Å². The van der Waals surface area contributed by atoms with Crippen LogP contribution in [0.1, 0.15) is 85.8 Å². The van der Waals surface area contributed by atoms with Crippen LogP contribution in [0.2, 0.25) is 0 Å². The number of esters is 1. The number of nitrogens with one attached hydrogen (secondary N) is 2.